The largest absolute Gasteiger partial charge is 0.385 e. The number of nitro benzene ring substituents is 1. The first kappa shape index (κ1) is 13.8. The van der Waals surface area contributed by atoms with E-state index in [0.717, 1.165) is 36.9 Å². The fourth-order valence-corrected chi connectivity index (χ4v) is 2.06. The number of pyridine rings is 1. The highest BCUT2D eigenvalue weighted by atomic mass is 16.6. The molecule has 0 saturated heterocycles. The van der Waals surface area contributed by atoms with Gasteiger partial charge in [-0.2, -0.15) is 0 Å². The lowest BCUT2D eigenvalue weighted by Gasteiger charge is -2.09. The van der Waals surface area contributed by atoms with Crippen LogP contribution in [0.25, 0.3) is 10.8 Å². The number of fused-ring (bicyclic) bond motifs is 1. The highest BCUT2D eigenvalue weighted by Crippen LogP contribution is 2.30. The number of aromatic nitrogens is 1. The molecule has 1 heterocycles. The van der Waals surface area contributed by atoms with Crippen LogP contribution in [0.2, 0.25) is 0 Å². The van der Waals surface area contributed by atoms with Gasteiger partial charge in [0.1, 0.15) is 0 Å². The molecule has 5 heteroatoms. The molecule has 2 rings (SSSR count). The Morgan fingerprint density at radius 3 is 2.90 bits per heavy atom. The van der Waals surface area contributed by atoms with Crippen LogP contribution in [-0.2, 0) is 0 Å². The molecule has 102 valence electrons. The van der Waals surface area contributed by atoms with Crippen molar-refractivity contribution in [3.63, 3.8) is 0 Å². The van der Waals surface area contributed by atoms with Crippen molar-refractivity contribution in [3.8, 4) is 12.3 Å². The Labute approximate surface area is 117 Å². The number of anilines is 1. The predicted molar refractivity (Wildman–Crippen MR) is 79.6 cm³/mol. The number of non-ortho nitro benzene ring substituents is 1. The molecular formula is C15H15N3O2. The van der Waals surface area contributed by atoms with Crippen LogP contribution in [-0.4, -0.2) is 16.5 Å². The highest BCUT2D eigenvalue weighted by Gasteiger charge is 2.13. The van der Waals surface area contributed by atoms with E-state index in [0.29, 0.717) is 5.39 Å². The molecule has 1 aromatic carbocycles. The van der Waals surface area contributed by atoms with Gasteiger partial charge in [-0.3, -0.25) is 15.1 Å². The Kier molecular flexibility index (Phi) is 4.51. The summed E-state index contributed by atoms with van der Waals surface area (Å²) in [7, 11) is 0. The molecule has 0 saturated carbocycles. The fraction of sp³-hybridized carbons (Fsp3) is 0.267. The molecule has 0 fully saturated rings. The summed E-state index contributed by atoms with van der Waals surface area (Å²) in [5.41, 5.74) is 0.958. The Hall–Kier alpha value is -2.61. The Morgan fingerprint density at radius 1 is 1.30 bits per heavy atom. The lowest BCUT2D eigenvalue weighted by molar-refractivity contribution is -0.383. The zero-order chi connectivity index (χ0) is 14.4. The molecule has 5 nitrogen and oxygen atoms in total. The zero-order valence-electron chi connectivity index (χ0n) is 11.0. The minimum atomic E-state index is -0.388. The van der Waals surface area contributed by atoms with Crippen molar-refractivity contribution in [1.29, 1.82) is 0 Å². The highest BCUT2D eigenvalue weighted by molar-refractivity contribution is 5.99. The Balaban J connectivity index is 2.21. The van der Waals surface area contributed by atoms with Gasteiger partial charge in [-0.1, -0.05) is 0 Å². The van der Waals surface area contributed by atoms with Gasteiger partial charge in [-0.05, 0) is 25.0 Å². The third-order valence-electron chi connectivity index (χ3n) is 3.06. The number of unbranched alkanes of at least 4 members (excludes halogenated alkanes) is 2. The van der Waals surface area contributed by atoms with E-state index in [2.05, 4.69) is 16.2 Å². The molecule has 1 aromatic heterocycles. The van der Waals surface area contributed by atoms with Crippen molar-refractivity contribution in [3.05, 3.63) is 40.7 Å². The second kappa shape index (κ2) is 6.53. The first-order valence-electron chi connectivity index (χ1n) is 6.42. The minimum Gasteiger partial charge on any atom is -0.385 e. The van der Waals surface area contributed by atoms with Crippen LogP contribution in [0.15, 0.2) is 30.6 Å². The van der Waals surface area contributed by atoms with Crippen LogP contribution in [0.1, 0.15) is 19.3 Å². The summed E-state index contributed by atoms with van der Waals surface area (Å²) in [6, 6.07) is 5.03. The van der Waals surface area contributed by atoms with E-state index in [4.69, 9.17) is 6.42 Å². The van der Waals surface area contributed by atoms with Gasteiger partial charge in [0.2, 0.25) is 0 Å². The van der Waals surface area contributed by atoms with Crippen LogP contribution in [0.3, 0.4) is 0 Å². The molecule has 0 amide bonds. The molecule has 0 aliphatic heterocycles. The lowest BCUT2D eigenvalue weighted by atomic mass is 10.1. The summed E-state index contributed by atoms with van der Waals surface area (Å²) in [5, 5.41) is 15.6. The van der Waals surface area contributed by atoms with Crippen LogP contribution in [0.4, 0.5) is 11.4 Å². The molecule has 0 radical (unpaired) electrons. The second-order valence-corrected chi connectivity index (χ2v) is 4.40. The molecule has 0 spiro atoms. The standard InChI is InChI=1S/C15H15N3O2/c1-2-3-4-5-9-17-14-6-7-15(18(19)20)13-11-16-10-8-12(13)14/h1,6-8,10-11,17H,3-5,9H2. The Bertz CT molecular complexity index is 662. The minimum absolute atomic E-state index is 0.0750. The zero-order valence-corrected chi connectivity index (χ0v) is 11.0. The monoisotopic (exact) mass is 269 g/mol. The topological polar surface area (TPSA) is 68.1 Å². The quantitative estimate of drug-likeness (QED) is 0.378. The number of rotatable bonds is 6. The summed E-state index contributed by atoms with van der Waals surface area (Å²) in [4.78, 5) is 14.6. The maximum atomic E-state index is 11.0. The average molecular weight is 269 g/mol. The van der Waals surface area contributed by atoms with E-state index in [1.165, 1.54) is 12.3 Å². The third-order valence-corrected chi connectivity index (χ3v) is 3.06. The van der Waals surface area contributed by atoms with E-state index >= 15 is 0 Å². The summed E-state index contributed by atoms with van der Waals surface area (Å²) in [6.45, 7) is 0.789. The SMILES string of the molecule is C#CCCCCNc1ccc([N+](=O)[O-])c2cnccc12. The van der Waals surface area contributed by atoms with Crippen molar-refractivity contribution in [2.45, 2.75) is 19.3 Å². The van der Waals surface area contributed by atoms with Crippen LogP contribution in [0, 0.1) is 22.5 Å². The molecule has 0 aliphatic carbocycles. The van der Waals surface area contributed by atoms with Gasteiger partial charge in [-0.25, -0.2) is 0 Å². The van der Waals surface area contributed by atoms with Crippen molar-refractivity contribution < 1.29 is 4.92 Å². The first-order chi connectivity index (χ1) is 9.74. The second-order valence-electron chi connectivity index (χ2n) is 4.40. The van der Waals surface area contributed by atoms with Crippen LogP contribution < -0.4 is 5.32 Å². The number of nitro groups is 1. The molecule has 0 bridgehead atoms. The molecule has 1 N–H and O–H groups in total. The van der Waals surface area contributed by atoms with Gasteiger partial charge in [0.05, 0.1) is 10.3 Å². The van der Waals surface area contributed by atoms with Crippen molar-refractivity contribution >= 4 is 22.1 Å². The average Bonchev–Trinajstić information content (AvgIpc) is 2.46. The van der Waals surface area contributed by atoms with Crippen molar-refractivity contribution in [2.75, 3.05) is 11.9 Å². The number of nitrogens with zero attached hydrogens (tertiary/aromatic N) is 2. The number of nitrogens with one attached hydrogen (secondary N) is 1. The molecule has 0 unspecified atom stereocenters. The fourth-order valence-electron chi connectivity index (χ4n) is 2.06. The first-order valence-corrected chi connectivity index (χ1v) is 6.42. The van der Waals surface area contributed by atoms with Gasteiger partial charge < -0.3 is 5.32 Å². The number of terminal acetylenes is 1. The van der Waals surface area contributed by atoms with Crippen molar-refractivity contribution in [2.24, 2.45) is 0 Å². The van der Waals surface area contributed by atoms with Crippen LogP contribution >= 0.6 is 0 Å². The van der Waals surface area contributed by atoms with Gasteiger partial charge in [0.25, 0.3) is 5.69 Å². The normalized spacial score (nSPS) is 10.2. The molecular weight excluding hydrogens is 254 g/mol. The van der Waals surface area contributed by atoms with Gasteiger partial charge in [-0.15, -0.1) is 12.3 Å². The number of hydrogen-bond donors (Lipinski definition) is 1. The van der Waals surface area contributed by atoms with Crippen LogP contribution in [0.5, 0.6) is 0 Å². The predicted octanol–water partition coefficient (Wildman–Crippen LogP) is 3.36. The third kappa shape index (κ3) is 3.04. The Morgan fingerprint density at radius 2 is 2.15 bits per heavy atom. The summed E-state index contributed by atoms with van der Waals surface area (Å²) in [6.07, 6.45) is 11.1. The van der Waals surface area contributed by atoms with Gasteiger partial charge in [0, 0.05) is 42.5 Å². The summed E-state index contributed by atoms with van der Waals surface area (Å²) >= 11 is 0. The summed E-state index contributed by atoms with van der Waals surface area (Å²) < 4.78 is 0. The van der Waals surface area contributed by atoms with E-state index < -0.39 is 0 Å². The van der Waals surface area contributed by atoms with Gasteiger partial charge in [0.15, 0.2) is 0 Å². The van der Waals surface area contributed by atoms with E-state index in [9.17, 15) is 10.1 Å². The molecule has 20 heavy (non-hydrogen) atoms. The van der Waals surface area contributed by atoms with Crippen molar-refractivity contribution in [1.82, 2.24) is 4.98 Å². The number of benzene rings is 1. The number of hydrogen-bond acceptors (Lipinski definition) is 4. The van der Waals surface area contributed by atoms with E-state index in [1.54, 1.807) is 18.3 Å². The summed E-state index contributed by atoms with van der Waals surface area (Å²) in [5.74, 6) is 2.60. The maximum Gasteiger partial charge on any atom is 0.278 e. The molecule has 0 aliphatic rings. The maximum absolute atomic E-state index is 11.0. The van der Waals surface area contributed by atoms with Gasteiger partial charge >= 0.3 is 0 Å². The molecule has 2 aromatic rings. The smallest absolute Gasteiger partial charge is 0.278 e. The van der Waals surface area contributed by atoms with E-state index in [-0.39, 0.29) is 10.6 Å². The van der Waals surface area contributed by atoms with E-state index in [1.807, 2.05) is 0 Å². The lowest BCUT2D eigenvalue weighted by Crippen LogP contribution is -2.02. The molecule has 0 atom stereocenters.